The van der Waals surface area contributed by atoms with Crippen LogP contribution < -0.4 is 15.8 Å². The van der Waals surface area contributed by atoms with Crippen LogP contribution >= 0.6 is 11.6 Å². The molecule has 1 saturated carbocycles. The van der Waals surface area contributed by atoms with Crippen molar-refractivity contribution in [3.05, 3.63) is 17.3 Å². The maximum absolute atomic E-state index is 11.6. The third-order valence-electron chi connectivity index (χ3n) is 2.83. The molecule has 1 aliphatic carbocycles. The minimum Gasteiger partial charge on any atom is -0.360 e. The number of nitrogens with zero attached hydrogens (tertiary/aromatic N) is 1. The number of carbonyl (C=O) groups excluding carboxylic acids is 1. The molecule has 0 unspecified atom stereocenters. The highest BCUT2D eigenvalue weighted by molar-refractivity contribution is 7.89. The summed E-state index contributed by atoms with van der Waals surface area (Å²) in [5.41, 5.74) is 0. The van der Waals surface area contributed by atoms with E-state index in [-0.39, 0.29) is 28.3 Å². The van der Waals surface area contributed by atoms with Gasteiger partial charge in [0.15, 0.2) is 0 Å². The van der Waals surface area contributed by atoms with Crippen LogP contribution in [0.2, 0.25) is 5.15 Å². The Labute approximate surface area is 122 Å². The van der Waals surface area contributed by atoms with Gasteiger partial charge in [0.2, 0.25) is 15.9 Å². The van der Waals surface area contributed by atoms with E-state index in [0.29, 0.717) is 12.5 Å². The lowest BCUT2D eigenvalue weighted by Crippen LogP contribution is -2.32. The van der Waals surface area contributed by atoms with Crippen molar-refractivity contribution in [2.24, 2.45) is 11.1 Å². The van der Waals surface area contributed by atoms with Gasteiger partial charge in [0.05, 0.1) is 6.54 Å². The van der Waals surface area contributed by atoms with E-state index < -0.39 is 10.0 Å². The SMILES string of the molecule is NS(=O)(=O)c1ccc(Cl)nc1NCC(=O)NCC1CC1. The lowest BCUT2D eigenvalue weighted by Gasteiger charge is -2.10. The monoisotopic (exact) mass is 318 g/mol. The summed E-state index contributed by atoms with van der Waals surface area (Å²) in [6.07, 6.45) is 2.28. The van der Waals surface area contributed by atoms with E-state index in [1.165, 1.54) is 12.1 Å². The molecule has 0 atom stereocenters. The normalized spacial score (nSPS) is 14.9. The van der Waals surface area contributed by atoms with Gasteiger partial charge in [-0.3, -0.25) is 4.79 Å². The zero-order chi connectivity index (χ0) is 14.8. The van der Waals surface area contributed by atoms with Crippen LogP contribution in [0.4, 0.5) is 5.82 Å². The first kappa shape index (κ1) is 15.0. The van der Waals surface area contributed by atoms with Crippen molar-refractivity contribution < 1.29 is 13.2 Å². The first-order valence-corrected chi connectivity index (χ1v) is 7.98. The molecule has 110 valence electrons. The highest BCUT2D eigenvalue weighted by atomic mass is 35.5. The Hall–Kier alpha value is -1.38. The van der Waals surface area contributed by atoms with Crippen molar-refractivity contribution in [1.29, 1.82) is 0 Å². The van der Waals surface area contributed by atoms with E-state index in [9.17, 15) is 13.2 Å². The first-order valence-electron chi connectivity index (χ1n) is 6.06. The minimum absolute atomic E-state index is 0.0263. The van der Waals surface area contributed by atoms with Gasteiger partial charge < -0.3 is 10.6 Å². The summed E-state index contributed by atoms with van der Waals surface area (Å²) in [6.45, 7) is 0.550. The van der Waals surface area contributed by atoms with Gasteiger partial charge in [-0.15, -0.1) is 0 Å². The summed E-state index contributed by atoms with van der Waals surface area (Å²) in [5.74, 6) is 0.309. The van der Waals surface area contributed by atoms with Crippen LogP contribution in [0, 0.1) is 5.92 Å². The van der Waals surface area contributed by atoms with Crippen LogP contribution in [0.15, 0.2) is 17.0 Å². The van der Waals surface area contributed by atoms with Crippen molar-refractivity contribution in [3.63, 3.8) is 0 Å². The fourth-order valence-corrected chi connectivity index (χ4v) is 2.38. The number of carbonyl (C=O) groups is 1. The number of nitrogens with two attached hydrogens (primary N) is 1. The van der Waals surface area contributed by atoms with Crippen molar-refractivity contribution in [1.82, 2.24) is 10.3 Å². The van der Waals surface area contributed by atoms with Gasteiger partial charge in [0.25, 0.3) is 0 Å². The number of anilines is 1. The van der Waals surface area contributed by atoms with Crippen LogP contribution in [-0.2, 0) is 14.8 Å². The molecular formula is C11H15ClN4O3S. The second-order valence-corrected chi connectivity index (χ2v) is 6.54. The van der Waals surface area contributed by atoms with Crippen molar-refractivity contribution in [2.75, 3.05) is 18.4 Å². The Balaban J connectivity index is 2.00. The minimum atomic E-state index is -3.93. The predicted octanol–water partition coefficient (Wildman–Crippen LogP) is 0.320. The highest BCUT2D eigenvalue weighted by Crippen LogP contribution is 2.27. The molecule has 1 fully saturated rings. The molecule has 0 spiro atoms. The molecule has 1 heterocycles. The quantitative estimate of drug-likeness (QED) is 0.654. The van der Waals surface area contributed by atoms with Crippen LogP contribution in [0.25, 0.3) is 0 Å². The number of nitrogens with one attached hydrogen (secondary N) is 2. The Kier molecular flexibility index (Phi) is 4.46. The third kappa shape index (κ3) is 4.32. The number of halogens is 1. The maximum Gasteiger partial charge on any atom is 0.241 e. The largest absolute Gasteiger partial charge is 0.360 e. The Morgan fingerprint density at radius 3 is 2.75 bits per heavy atom. The van der Waals surface area contributed by atoms with E-state index in [4.69, 9.17) is 16.7 Å². The van der Waals surface area contributed by atoms with E-state index in [1.807, 2.05) is 0 Å². The molecule has 7 nitrogen and oxygen atoms in total. The van der Waals surface area contributed by atoms with Gasteiger partial charge in [-0.05, 0) is 30.9 Å². The molecule has 1 aliphatic rings. The summed E-state index contributed by atoms with van der Waals surface area (Å²) < 4.78 is 22.8. The zero-order valence-corrected chi connectivity index (χ0v) is 12.2. The lowest BCUT2D eigenvalue weighted by atomic mass is 10.4. The summed E-state index contributed by atoms with van der Waals surface area (Å²) in [7, 11) is -3.93. The Morgan fingerprint density at radius 2 is 2.15 bits per heavy atom. The summed E-state index contributed by atoms with van der Waals surface area (Å²) in [6, 6.07) is 2.56. The maximum atomic E-state index is 11.6. The first-order chi connectivity index (χ1) is 9.36. The van der Waals surface area contributed by atoms with E-state index in [0.717, 1.165) is 12.8 Å². The lowest BCUT2D eigenvalue weighted by molar-refractivity contribution is -0.119. The van der Waals surface area contributed by atoms with Crippen LogP contribution in [-0.4, -0.2) is 32.4 Å². The summed E-state index contributed by atoms with van der Waals surface area (Å²) in [5, 5.41) is 10.6. The van der Waals surface area contributed by atoms with Gasteiger partial charge in [0.1, 0.15) is 15.9 Å². The molecule has 2 rings (SSSR count). The van der Waals surface area contributed by atoms with E-state index >= 15 is 0 Å². The third-order valence-corrected chi connectivity index (χ3v) is 3.98. The number of hydrogen-bond acceptors (Lipinski definition) is 5. The number of pyridine rings is 1. The molecule has 1 aromatic heterocycles. The van der Waals surface area contributed by atoms with Gasteiger partial charge in [-0.25, -0.2) is 18.5 Å². The molecule has 4 N–H and O–H groups in total. The molecule has 0 saturated heterocycles. The van der Waals surface area contributed by atoms with Crippen molar-refractivity contribution in [2.45, 2.75) is 17.7 Å². The molecule has 1 aromatic rings. The second-order valence-electron chi connectivity index (χ2n) is 4.63. The summed E-state index contributed by atoms with van der Waals surface area (Å²) >= 11 is 5.71. The van der Waals surface area contributed by atoms with Gasteiger partial charge in [-0.2, -0.15) is 0 Å². The number of aromatic nitrogens is 1. The molecule has 0 aromatic carbocycles. The topological polar surface area (TPSA) is 114 Å². The smallest absolute Gasteiger partial charge is 0.241 e. The number of rotatable bonds is 6. The van der Waals surface area contributed by atoms with Crippen LogP contribution in [0.3, 0.4) is 0 Å². The van der Waals surface area contributed by atoms with Crippen molar-refractivity contribution in [3.8, 4) is 0 Å². The average molecular weight is 319 g/mol. The van der Waals surface area contributed by atoms with Crippen molar-refractivity contribution >= 4 is 33.3 Å². The Bertz CT molecular complexity index is 616. The second kappa shape index (κ2) is 5.94. The fourth-order valence-electron chi connectivity index (χ4n) is 1.59. The fraction of sp³-hybridized carbons (Fsp3) is 0.455. The van der Waals surface area contributed by atoms with E-state index in [1.54, 1.807) is 0 Å². The van der Waals surface area contributed by atoms with Crippen LogP contribution in [0.5, 0.6) is 0 Å². The molecule has 0 aliphatic heterocycles. The number of hydrogen-bond donors (Lipinski definition) is 3. The van der Waals surface area contributed by atoms with Crippen LogP contribution in [0.1, 0.15) is 12.8 Å². The number of primary sulfonamides is 1. The zero-order valence-electron chi connectivity index (χ0n) is 10.6. The molecule has 20 heavy (non-hydrogen) atoms. The standard InChI is InChI=1S/C11H15ClN4O3S/c12-9-4-3-8(20(13,18)19)11(16-9)15-6-10(17)14-5-7-1-2-7/h3-4,7H,1-2,5-6H2,(H,14,17)(H,15,16)(H2,13,18,19). The van der Waals surface area contributed by atoms with Gasteiger partial charge >= 0.3 is 0 Å². The summed E-state index contributed by atoms with van der Waals surface area (Å²) in [4.78, 5) is 15.2. The Morgan fingerprint density at radius 1 is 1.45 bits per heavy atom. The highest BCUT2D eigenvalue weighted by Gasteiger charge is 2.22. The molecule has 0 radical (unpaired) electrons. The van der Waals surface area contributed by atoms with Gasteiger partial charge in [-0.1, -0.05) is 11.6 Å². The number of sulfonamides is 1. The molecular weight excluding hydrogens is 304 g/mol. The predicted molar refractivity (Wildman–Crippen MR) is 74.8 cm³/mol. The molecule has 1 amide bonds. The van der Waals surface area contributed by atoms with Gasteiger partial charge in [0, 0.05) is 6.54 Å². The number of amides is 1. The average Bonchev–Trinajstić information content (AvgIpc) is 3.16. The van der Waals surface area contributed by atoms with E-state index in [2.05, 4.69) is 15.6 Å². The molecule has 0 bridgehead atoms. The molecule has 9 heteroatoms.